The Morgan fingerprint density at radius 2 is 2.27 bits per heavy atom. The fourth-order valence-corrected chi connectivity index (χ4v) is 1.07. The number of terminal acetylenes is 1. The second kappa shape index (κ2) is 5.18. The molecule has 1 aromatic carbocycles. The molecular weight excluding hydrogens is 188 g/mol. The van der Waals surface area contributed by atoms with Crippen LogP contribution in [-0.4, -0.2) is 19.0 Å². The largest absolute Gasteiger partial charge is 0.325 e. The molecule has 0 aliphatic carbocycles. The van der Waals surface area contributed by atoms with Crippen LogP contribution in [0.4, 0.5) is 5.69 Å². The van der Waals surface area contributed by atoms with E-state index in [1.807, 2.05) is 12.1 Å². The van der Waals surface area contributed by atoms with Crippen LogP contribution >= 0.6 is 0 Å². The van der Waals surface area contributed by atoms with Gasteiger partial charge in [-0.2, -0.15) is 0 Å². The number of carbonyl (C=O) groups is 1. The first-order chi connectivity index (χ1) is 7.17. The molecule has 0 bridgehead atoms. The van der Waals surface area contributed by atoms with Gasteiger partial charge in [0, 0.05) is 11.3 Å². The standard InChI is InChI=1S/C12H14N2O/c1-4-10-6-5-7-11(8-10)14-12(15)9(2)13-3/h1,5-9,13H,2-3H3,(H,14,15). The third kappa shape index (κ3) is 3.12. The minimum absolute atomic E-state index is 0.0772. The third-order valence-corrected chi connectivity index (χ3v) is 2.12. The van der Waals surface area contributed by atoms with Crippen molar-refractivity contribution >= 4 is 11.6 Å². The number of amides is 1. The van der Waals surface area contributed by atoms with E-state index in [2.05, 4.69) is 16.6 Å². The number of hydrogen-bond acceptors (Lipinski definition) is 2. The Balaban J connectivity index is 2.73. The number of nitrogens with one attached hydrogen (secondary N) is 2. The highest BCUT2D eigenvalue weighted by molar-refractivity contribution is 5.94. The monoisotopic (exact) mass is 202 g/mol. The van der Waals surface area contributed by atoms with Crippen LogP contribution in [0.1, 0.15) is 12.5 Å². The highest BCUT2D eigenvalue weighted by Crippen LogP contribution is 2.09. The van der Waals surface area contributed by atoms with Crippen molar-refractivity contribution in [3.63, 3.8) is 0 Å². The fourth-order valence-electron chi connectivity index (χ4n) is 1.07. The van der Waals surface area contributed by atoms with Crippen LogP contribution in [0.25, 0.3) is 0 Å². The van der Waals surface area contributed by atoms with Crippen molar-refractivity contribution in [3.05, 3.63) is 29.8 Å². The van der Waals surface area contributed by atoms with Gasteiger partial charge in [0.2, 0.25) is 5.91 Å². The second-order valence-corrected chi connectivity index (χ2v) is 3.22. The lowest BCUT2D eigenvalue weighted by Gasteiger charge is -2.10. The molecule has 1 aromatic rings. The molecule has 0 spiro atoms. The van der Waals surface area contributed by atoms with Crippen LogP contribution in [0.2, 0.25) is 0 Å². The molecule has 3 heteroatoms. The smallest absolute Gasteiger partial charge is 0.241 e. The van der Waals surface area contributed by atoms with E-state index in [9.17, 15) is 4.79 Å². The molecule has 0 saturated carbocycles. The van der Waals surface area contributed by atoms with Gasteiger partial charge in [-0.3, -0.25) is 4.79 Å². The highest BCUT2D eigenvalue weighted by Gasteiger charge is 2.09. The van der Waals surface area contributed by atoms with Crippen molar-refractivity contribution in [1.29, 1.82) is 0 Å². The van der Waals surface area contributed by atoms with E-state index in [0.29, 0.717) is 0 Å². The first-order valence-corrected chi connectivity index (χ1v) is 4.72. The Kier molecular flexibility index (Phi) is 3.90. The summed E-state index contributed by atoms with van der Waals surface area (Å²) in [5, 5.41) is 5.63. The van der Waals surface area contributed by atoms with E-state index >= 15 is 0 Å². The summed E-state index contributed by atoms with van der Waals surface area (Å²) in [4.78, 5) is 11.5. The average molecular weight is 202 g/mol. The van der Waals surface area contributed by atoms with Gasteiger partial charge in [0.05, 0.1) is 6.04 Å². The van der Waals surface area contributed by atoms with E-state index in [4.69, 9.17) is 6.42 Å². The van der Waals surface area contributed by atoms with Crippen molar-refractivity contribution in [2.45, 2.75) is 13.0 Å². The van der Waals surface area contributed by atoms with E-state index in [1.165, 1.54) is 0 Å². The molecule has 0 saturated heterocycles. The highest BCUT2D eigenvalue weighted by atomic mass is 16.2. The zero-order chi connectivity index (χ0) is 11.3. The third-order valence-electron chi connectivity index (χ3n) is 2.12. The van der Waals surface area contributed by atoms with Gasteiger partial charge in [0.15, 0.2) is 0 Å². The predicted octanol–water partition coefficient (Wildman–Crippen LogP) is 1.21. The van der Waals surface area contributed by atoms with Gasteiger partial charge in [-0.05, 0) is 32.2 Å². The van der Waals surface area contributed by atoms with Crippen LogP contribution in [-0.2, 0) is 4.79 Å². The zero-order valence-corrected chi connectivity index (χ0v) is 8.87. The second-order valence-electron chi connectivity index (χ2n) is 3.22. The molecule has 1 amide bonds. The summed E-state index contributed by atoms with van der Waals surface area (Å²) in [5.41, 5.74) is 1.47. The number of benzene rings is 1. The molecule has 3 nitrogen and oxygen atoms in total. The quantitative estimate of drug-likeness (QED) is 0.723. The van der Waals surface area contributed by atoms with Crippen molar-refractivity contribution < 1.29 is 4.79 Å². The van der Waals surface area contributed by atoms with Gasteiger partial charge in [-0.1, -0.05) is 12.0 Å². The summed E-state index contributed by atoms with van der Waals surface area (Å²) in [6.07, 6.45) is 5.26. The average Bonchev–Trinajstić information content (AvgIpc) is 2.28. The Bertz CT molecular complexity index is 393. The van der Waals surface area contributed by atoms with Crippen molar-refractivity contribution in [3.8, 4) is 12.3 Å². The van der Waals surface area contributed by atoms with E-state index in [-0.39, 0.29) is 11.9 Å². The van der Waals surface area contributed by atoms with Crippen LogP contribution < -0.4 is 10.6 Å². The molecule has 1 unspecified atom stereocenters. The lowest BCUT2D eigenvalue weighted by molar-refractivity contribution is -0.117. The molecule has 0 aromatic heterocycles. The Hall–Kier alpha value is -1.79. The van der Waals surface area contributed by atoms with Crippen molar-refractivity contribution in [1.82, 2.24) is 5.32 Å². The van der Waals surface area contributed by atoms with Gasteiger partial charge < -0.3 is 10.6 Å². The summed E-state index contributed by atoms with van der Waals surface area (Å²) in [5.74, 6) is 2.44. The molecule has 0 radical (unpaired) electrons. The van der Waals surface area contributed by atoms with E-state index in [0.717, 1.165) is 11.3 Å². The fraction of sp³-hybridized carbons (Fsp3) is 0.250. The lowest BCUT2D eigenvalue weighted by Crippen LogP contribution is -2.35. The van der Waals surface area contributed by atoms with Gasteiger partial charge in [-0.25, -0.2) is 0 Å². The Labute approximate surface area is 89.9 Å². The number of carbonyl (C=O) groups excluding carboxylic acids is 1. The molecule has 0 aliphatic rings. The first kappa shape index (κ1) is 11.3. The zero-order valence-electron chi connectivity index (χ0n) is 8.87. The predicted molar refractivity (Wildman–Crippen MR) is 61.5 cm³/mol. The van der Waals surface area contributed by atoms with Gasteiger partial charge in [0.25, 0.3) is 0 Å². The van der Waals surface area contributed by atoms with Crippen molar-refractivity contribution in [2.24, 2.45) is 0 Å². The van der Waals surface area contributed by atoms with Crippen LogP contribution in [0.5, 0.6) is 0 Å². The van der Waals surface area contributed by atoms with Crippen LogP contribution in [0.15, 0.2) is 24.3 Å². The topological polar surface area (TPSA) is 41.1 Å². The van der Waals surface area contributed by atoms with Gasteiger partial charge in [-0.15, -0.1) is 6.42 Å². The maximum atomic E-state index is 11.5. The van der Waals surface area contributed by atoms with E-state index < -0.39 is 0 Å². The minimum atomic E-state index is -0.223. The molecule has 1 atom stereocenters. The van der Waals surface area contributed by atoms with E-state index in [1.54, 1.807) is 26.1 Å². The SMILES string of the molecule is C#Cc1cccc(NC(=O)C(C)NC)c1. The Morgan fingerprint density at radius 3 is 2.87 bits per heavy atom. The number of hydrogen-bond donors (Lipinski definition) is 2. The summed E-state index contributed by atoms with van der Waals surface area (Å²) in [6, 6.07) is 6.98. The van der Waals surface area contributed by atoms with Crippen LogP contribution in [0.3, 0.4) is 0 Å². The molecule has 0 heterocycles. The molecule has 0 fully saturated rings. The lowest BCUT2D eigenvalue weighted by atomic mass is 10.2. The number of likely N-dealkylation sites (N-methyl/N-ethyl adjacent to an activating group) is 1. The molecule has 1 rings (SSSR count). The molecular formula is C12H14N2O. The maximum Gasteiger partial charge on any atom is 0.241 e. The van der Waals surface area contributed by atoms with Crippen molar-refractivity contribution in [2.75, 3.05) is 12.4 Å². The summed E-state index contributed by atoms with van der Waals surface area (Å²) < 4.78 is 0. The summed E-state index contributed by atoms with van der Waals surface area (Å²) >= 11 is 0. The Morgan fingerprint density at radius 1 is 1.53 bits per heavy atom. The summed E-state index contributed by atoms with van der Waals surface area (Å²) in [6.45, 7) is 1.79. The number of rotatable bonds is 3. The van der Waals surface area contributed by atoms with Gasteiger partial charge in [0.1, 0.15) is 0 Å². The first-order valence-electron chi connectivity index (χ1n) is 4.72. The molecule has 15 heavy (non-hydrogen) atoms. The maximum absolute atomic E-state index is 11.5. The number of anilines is 1. The van der Waals surface area contributed by atoms with Crippen LogP contribution in [0, 0.1) is 12.3 Å². The normalized spacial score (nSPS) is 11.5. The summed E-state index contributed by atoms with van der Waals surface area (Å²) in [7, 11) is 1.74. The molecule has 78 valence electrons. The van der Waals surface area contributed by atoms with Gasteiger partial charge >= 0.3 is 0 Å². The molecule has 2 N–H and O–H groups in total. The molecule has 0 aliphatic heterocycles. The minimum Gasteiger partial charge on any atom is -0.325 e.